The summed E-state index contributed by atoms with van der Waals surface area (Å²) in [5.74, 6) is 2.04. The highest BCUT2D eigenvalue weighted by atomic mass is 16.5. The van der Waals surface area contributed by atoms with Crippen molar-refractivity contribution in [3.05, 3.63) is 108 Å². The van der Waals surface area contributed by atoms with Crippen molar-refractivity contribution in [3.8, 4) is 16.9 Å². The topological polar surface area (TPSA) is 58.6 Å². The molecule has 0 bridgehead atoms. The van der Waals surface area contributed by atoms with Crippen LogP contribution in [0.2, 0.25) is 0 Å². The molecule has 38 heavy (non-hydrogen) atoms. The van der Waals surface area contributed by atoms with Crippen LogP contribution >= 0.6 is 0 Å². The maximum atomic E-state index is 12.4. The molecule has 0 radical (unpaired) electrons. The number of aryl methyl sites for hydroxylation is 1. The van der Waals surface area contributed by atoms with E-state index in [9.17, 15) is 4.79 Å². The molecular formula is C32H34N4O2. The minimum atomic E-state index is 0.227. The Bertz CT molecular complexity index is 1330. The van der Waals surface area contributed by atoms with Crippen LogP contribution in [0.1, 0.15) is 23.1 Å². The minimum absolute atomic E-state index is 0.227. The number of ether oxygens (including phenoxy) is 1. The lowest BCUT2D eigenvalue weighted by Gasteiger charge is -2.33. The first-order valence-corrected chi connectivity index (χ1v) is 13.2. The summed E-state index contributed by atoms with van der Waals surface area (Å²) in [4.78, 5) is 25.9. The third kappa shape index (κ3) is 6.84. The summed E-state index contributed by atoms with van der Waals surface area (Å²) in [6.07, 6.45) is 7.14. The van der Waals surface area contributed by atoms with Gasteiger partial charge in [-0.2, -0.15) is 0 Å². The van der Waals surface area contributed by atoms with Gasteiger partial charge in [-0.15, -0.1) is 0 Å². The van der Waals surface area contributed by atoms with Crippen LogP contribution < -0.4 is 9.64 Å². The van der Waals surface area contributed by atoms with E-state index in [1.165, 1.54) is 0 Å². The molecule has 0 atom stereocenters. The highest BCUT2D eigenvalue weighted by Gasteiger charge is 2.16. The van der Waals surface area contributed by atoms with Crippen LogP contribution in [0.4, 0.5) is 5.82 Å². The van der Waals surface area contributed by atoms with Crippen LogP contribution in [0.25, 0.3) is 11.1 Å². The third-order valence-electron chi connectivity index (χ3n) is 7.04. The number of anilines is 1. The molecule has 3 heterocycles. The first-order valence-electron chi connectivity index (χ1n) is 13.2. The normalized spacial score (nSPS) is 13.9. The van der Waals surface area contributed by atoms with Crippen LogP contribution in [0.5, 0.6) is 5.75 Å². The summed E-state index contributed by atoms with van der Waals surface area (Å²) in [5.41, 5.74) is 5.52. The number of rotatable bonds is 10. The molecule has 6 nitrogen and oxygen atoms in total. The Balaban J connectivity index is 1.18. The average Bonchev–Trinajstić information content (AvgIpc) is 2.97. The number of hydrogen-bond donors (Lipinski definition) is 0. The molecule has 5 rings (SSSR count). The number of Topliss-reactive ketones (excluding diaryl/α,β-unsaturated/α-hetero) is 1. The SMILES string of the molecule is CN1CCN(c2cc(-c3ccccc3COc3ccc(CC(=O)CCc4cccnc4)cc3)ccn2)CC1. The quantitative estimate of drug-likeness (QED) is 0.294. The molecular weight excluding hydrogens is 472 g/mol. The monoisotopic (exact) mass is 506 g/mol. The smallest absolute Gasteiger partial charge is 0.137 e. The average molecular weight is 507 g/mol. The van der Waals surface area contributed by atoms with Gasteiger partial charge in [0.2, 0.25) is 0 Å². The number of carbonyl (C=O) groups excluding carboxylic acids is 1. The Kier molecular flexibility index (Phi) is 8.41. The van der Waals surface area contributed by atoms with E-state index in [1.807, 2.05) is 54.9 Å². The molecule has 0 amide bonds. The van der Waals surface area contributed by atoms with E-state index in [2.05, 4.69) is 57.1 Å². The second kappa shape index (κ2) is 12.5. The predicted molar refractivity (Wildman–Crippen MR) is 151 cm³/mol. The van der Waals surface area contributed by atoms with Gasteiger partial charge in [0.05, 0.1) is 0 Å². The zero-order chi connectivity index (χ0) is 26.2. The molecule has 4 aromatic rings. The summed E-state index contributed by atoms with van der Waals surface area (Å²) >= 11 is 0. The van der Waals surface area contributed by atoms with Gasteiger partial charge in [-0.05, 0) is 71.6 Å². The van der Waals surface area contributed by atoms with E-state index in [4.69, 9.17) is 4.74 Å². The molecule has 1 fully saturated rings. The van der Waals surface area contributed by atoms with Crippen molar-refractivity contribution < 1.29 is 9.53 Å². The third-order valence-corrected chi connectivity index (χ3v) is 7.04. The van der Waals surface area contributed by atoms with Crippen molar-refractivity contribution in [2.45, 2.75) is 25.9 Å². The lowest BCUT2D eigenvalue weighted by atomic mass is 10.0. The number of nitrogens with zero attached hydrogens (tertiary/aromatic N) is 4. The minimum Gasteiger partial charge on any atom is -0.489 e. The Hall–Kier alpha value is -4.03. The van der Waals surface area contributed by atoms with E-state index in [1.54, 1.807) is 6.20 Å². The van der Waals surface area contributed by atoms with Crippen molar-refractivity contribution in [2.24, 2.45) is 0 Å². The van der Waals surface area contributed by atoms with Crippen molar-refractivity contribution in [1.29, 1.82) is 0 Å². The van der Waals surface area contributed by atoms with E-state index < -0.39 is 0 Å². The highest BCUT2D eigenvalue weighted by molar-refractivity contribution is 5.81. The van der Waals surface area contributed by atoms with Crippen molar-refractivity contribution in [2.75, 3.05) is 38.1 Å². The summed E-state index contributed by atoms with van der Waals surface area (Å²) in [6, 6.07) is 24.4. The van der Waals surface area contributed by atoms with Gasteiger partial charge in [0.25, 0.3) is 0 Å². The fraction of sp³-hybridized carbons (Fsp3) is 0.281. The largest absolute Gasteiger partial charge is 0.489 e. The number of hydrogen-bond acceptors (Lipinski definition) is 6. The second-order valence-corrected chi connectivity index (χ2v) is 9.86. The fourth-order valence-corrected chi connectivity index (χ4v) is 4.73. The van der Waals surface area contributed by atoms with Gasteiger partial charge in [0.15, 0.2) is 0 Å². The van der Waals surface area contributed by atoms with Gasteiger partial charge < -0.3 is 14.5 Å². The van der Waals surface area contributed by atoms with Crippen molar-refractivity contribution >= 4 is 11.6 Å². The molecule has 1 aliphatic heterocycles. The van der Waals surface area contributed by atoms with Gasteiger partial charge in [0, 0.05) is 57.6 Å². The fourth-order valence-electron chi connectivity index (χ4n) is 4.73. The lowest BCUT2D eigenvalue weighted by molar-refractivity contribution is -0.118. The number of pyridine rings is 2. The molecule has 0 N–H and O–H groups in total. The van der Waals surface area contributed by atoms with Crippen molar-refractivity contribution in [3.63, 3.8) is 0 Å². The molecule has 194 valence electrons. The summed E-state index contributed by atoms with van der Waals surface area (Å²) in [7, 11) is 2.16. The molecule has 1 aliphatic rings. The zero-order valence-electron chi connectivity index (χ0n) is 21.9. The summed E-state index contributed by atoms with van der Waals surface area (Å²) < 4.78 is 6.15. The zero-order valence-corrected chi connectivity index (χ0v) is 21.9. The van der Waals surface area contributed by atoms with Gasteiger partial charge in [-0.3, -0.25) is 9.78 Å². The van der Waals surface area contributed by atoms with Crippen LogP contribution in [-0.2, 0) is 24.2 Å². The van der Waals surface area contributed by atoms with Gasteiger partial charge in [0.1, 0.15) is 24.0 Å². The number of likely N-dealkylation sites (N-methyl/N-ethyl adjacent to an activating group) is 1. The van der Waals surface area contributed by atoms with Crippen LogP contribution in [-0.4, -0.2) is 53.9 Å². The molecule has 0 unspecified atom stereocenters. The number of benzene rings is 2. The number of aromatic nitrogens is 2. The van der Waals surface area contributed by atoms with Gasteiger partial charge in [-0.25, -0.2) is 4.98 Å². The van der Waals surface area contributed by atoms with E-state index >= 15 is 0 Å². The Morgan fingerprint density at radius 1 is 0.895 bits per heavy atom. The summed E-state index contributed by atoms with van der Waals surface area (Å²) in [5, 5.41) is 0. The van der Waals surface area contributed by atoms with Crippen molar-refractivity contribution in [1.82, 2.24) is 14.9 Å². The summed E-state index contributed by atoms with van der Waals surface area (Å²) in [6.45, 7) is 4.54. The molecule has 1 saturated heterocycles. The highest BCUT2D eigenvalue weighted by Crippen LogP contribution is 2.28. The van der Waals surface area contributed by atoms with E-state index in [-0.39, 0.29) is 5.78 Å². The Morgan fingerprint density at radius 2 is 1.71 bits per heavy atom. The molecule has 6 heteroatoms. The van der Waals surface area contributed by atoms with Gasteiger partial charge in [-0.1, -0.05) is 42.5 Å². The van der Waals surface area contributed by atoms with Gasteiger partial charge >= 0.3 is 0 Å². The number of carbonyl (C=O) groups is 1. The predicted octanol–water partition coefficient (Wildman–Crippen LogP) is 5.22. The molecule has 2 aromatic heterocycles. The first-order chi connectivity index (χ1) is 18.6. The first kappa shape index (κ1) is 25.6. The number of piperazine rings is 1. The molecule has 0 spiro atoms. The maximum absolute atomic E-state index is 12.4. The van der Waals surface area contributed by atoms with Crippen LogP contribution in [0.15, 0.2) is 91.4 Å². The molecule has 2 aromatic carbocycles. The Labute approximate surface area is 224 Å². The van der Waals surface area contributed by atoms with Crippen LogP contribution in [0, 0.1) is 0 Å². The van der Waals surface area contributed by atoms with E-state index in [0.717, 1.165) is 72.0 Å². The lowest BCUT2D eigenvalue weighted by Crippen LogP contribution is -2.44. The standard InChI is InChI=1S/C32H34N4O2/c1-35-17-19-36(20-18-35)32-22-27(14-16-34-32)31-7-3-2-6-28(31)24-38-30-12-9-25(10-13-30)21-29(37)11-8-26-5-4-15-33-23-26/h2-7,9-10,12-16,22-23H,8,11,17-21,24H2,1H3. The van der Waals surface area contributed by atoms with E-state index in [0.29, 0.717) is 19.4 Å². The second-order valence-electron chi connectivity index (χ2n) is 9.86. The number of ketones is 1. The Morgan fingerprint density at radius 3 is 2.50 bits per heavy atom. The molecule has 0 aliphatic carbocycles. The van der Waals surface area contributed by atoms with Crippen LogP contribution in [0.3, 0.4) is 0 Å². The maximum Gasteiger partial charge on any atom is 0.137 e. The molecule has 0 saturated carbocycles.